The number of halogens is 3. The summed E-state index contributed by atoms with van der Waals surface area (Å²) in [7, 11) is 0. The number of nitrogens with zero attached hydrogens (tertiary/aromatic N) is 3. The first-order valence-electron chi connectivity index (χ1n) is 7.74. The Balaban J connectivity index is 1.71. The van der Waals surface area contributed by atoms with Gasteiger partial charge in [0.05, 0.1) is 10.3 Å². The first-order valence-corrected chi connectivity index (χ1v) is 9.00. The van der Waals surface area contributed by atoms with E-state index in [-0.39, 0.29) is 21.9 Å². The lowest BCUT2D eigenvalue weighted by atomic mass is 10.2. The molecule has 0 saturated heterocycles. The molecule has 0 spiro atoms. The van der Waals surface area contributed by atoms with E-state index in [0.717, 1.165) is 17.8 Å². The summed E-state index contributed by atoms with van der Waals surface area (Å²) >= 11 is 6.78. The molecule has 3 aromatic rings. The lowest BCUT2D eigenvalue weighted by Crippen LogP contribution is -2.23. The summed E-state index contributed by atoms with van der Waals surface area (Å²) in [5, 5.41) is 10.2. The Morgan fingerprint density at radius 2 is 2.04 bits per heavy atom. The number of nitrogens with one attached hydrogen (secondary N) is 1. The minimum absolute atomic E-state index is 0.0884. The van der Waals surface area contributed by atoms with E-state index in [1.807, 2.05) is 0 Å². The molecule has 10 heteroatoms. The smallest absolute Gasteiger partial charge is 0.237 e. The van der Waals surface area contributed by atoms with Gasteiger partial charge in [-0.05, 0) is 37.3 Å². The molecule has 1 amide bonds. The average molecular weight is 410 g/mol. The standard InChI is InChI=1S/C17H14ClF2N5OS/c1-9(16(26)22-12-5-6-14(20)13(18)8-12)27-17-24-23-15(25(17)21)10-3-2-4-11(19)7-10/h2-9H,21H2,1H3,(H,22,26)/t9-/m0/s1. The van der Waals surface area contributed by atoms with Gasteiger partial charge in [-0.2, -0.15) is 0 Å². The van der Waals surface area contributed by atoms with Gasteiger partial charge in [0, 0.05) is 11.3 Å². The van der Waals surface area contributed by atoms with Gasteiger partial charge in [0.25, 0.3) is 0 Å². The molecule has 1 heterocycles. The molecule has 140 valence electrons. The predicted molar refractivity (Wildman–Crippen MR) is 101 cm³/mol. The summed E-state index contributed by atoms with van der Waals surface area (Å²) in [6.45, 7) is 1.65. The van der Waals surface area contributed by atoms with Gasteiger partial charge in [0.1, 0.15) is 11.6 Å². The van der Waals surface area contributed by atoms with E-state index < -0.39 is 16.9 Å². The number of nitrogens with two attached hydrogens (primary N) is 1. The van der Waals surface area contributed by atoms with Crippen LogP contribution in [0.3, 0.4) is 0 Å². The number of thioether (sulfide) groups is 1. The topological polar surface area (TPSA) is 85.8 Å². The summed E-state index contributed by atoms with van der Waals surface area (Å²) < 4.78 is 27.8. The third kappa shape index (κ3) is 4.37. The fourth-order valence-corrected chi connectivity index (χ4v) is 3.16. The fourth-order valence-electron chi connectivity index (χ4n) is 2.21. The second-order valence-electron chi connectivity index (χ2n) is 5.56. The van der Waals surface area contributed by atoms with Gasteiger partial charge in [-0.25, -0.2) is 13.5 Å². The quantitative estimate of drug-likeness (QED) is 0.495. The minimum Gasteiger partial charge on any atom is -0.335 e. The number of anilines is 1. The van der Waals surface area contributed by atoms with Crippen molar-refractivity contribution in [1.29, 1.82) is 0 Å². The van der Waals surface area contributed by atoms with Crippen LogP contribution < -0.4 is 11.2 Å². The second-order valence-corrected chi connectivity index (χ2v) is 7.28. The molecule has 0 aliphatic rings. The average Bonchev–Trinajstić information content (AvgIpc) is 2.98. The third-order valence-corrected chi connectivity index (χ3v) is 4.93. The molecule has 0 fully saturated rings. The molecule has 0 bridgehead atoms. The Labute approximate surface area is 162 Å². The molecule has 0 aliphatic heterocycles. The Hall–Kier alpha value is -2.65. The zero-order valence-electron chi connectivity index (χ0n) is 14.0. The molecule has 3 rings (SSSR count). The molecule has 2 aromatic carbocycles. The van der Waals surface area contributed by atoms with E-state index in [4.69, 9.17) is 17.4 Å². The maximum Gasteiger partial charge on any atom is 0.237 e. The minimum atomic E-state index is -0.583. The highest BCUT2D eigenvalue weighted by atomic mass is 35.5. The van der Waals surface area contributed by atoms with Gasteiger partial charge >= 0.3 is 0 Å². The number of carbonyl (C=O) groups excluding carboxylic acids is 1. The highest BCUT2D eigenvalue weighted by Gasteiger charge is 2.20. The first-order chi connectivity index (χ1) is 12.8. The summed E-state index contributed by atoms with van der Waals surface area (Å²) in [6, 6.07) is 9.68. The number of carbonyl (C=O) groups is 1. The van der Waals surface area contributed by atoms with Crippen molar-refractivity contribution in [1.82, 2.24) is 14.9 Å². The molecular weight excluding hydrogens is 396 g/mol. The van der Waals surface area contributed by atoms with Crippen LogP contribution in [0.5, 0.6) is 0 Å². The van der Waals surface area contributed by atoms with Gasteiger partial charge in [-0.1, -0.05) is 35.5 Å². The monoisotopic (exact) mass is 409 g/mol. The molecule has 0 radical (unpaired) electrons. The van der Waals surface area contributed by atoms with Crippen LogP contribution in [0.25, 0.3) is 11.4 Å². The third-order valence-electron chi connectivity index (χ3n) is 3.59. The number of hydrogen-bond donors (Lipinski definition) is 2. The van der Waals surface area contributed by atoms with Gasteiger partial charge in [-0.3, -0.25) is 4.79 Å². The Morgan fingerprint density at radius 1 is 1.26 bits per heavy atom. The lowest BCUT2D eigenvalue weighted by molar-refractivity contribution is -0.115. The Bertz CT molecular complexity index is 997. The normalized spacial score (nSPS) is 12.0. The van der Waals surface area contributed by atoms with E-state index in [1.54, 1.807) is 13.0 Å². The number of hydrogen-bond acceptors (Lipinski definition) is 5. The Kier molecular flexibility index (Phi) is 5.62. The zero-order chi connectivity index (χ0) is 19.6. The van der Waals surface area contributed by atoms with Crippen molar-refractivity contribution in [3.05, 3.63) is 59.1 Å². The van der Waals surface area contributed by atoms with E-state index in [2.05, 4.69) is 15.5 Å². The molecule has 6 nitrogen and oxygen atoms in total. The molecule has 1 aromatic heterocycles. The van der Waals surface area contributed by atoms with E-state index >= 15 is 0 Å². The van der Waals surface area contributed by atoms with Gasteiger partial charge < -0.3 is 11.2 Å². The largest absolute Gasteiger partial charge is 0.335 e. The van der Waals surface area contributed by atoms with Crippen molar-refractivity contribution in [2.24, 2.45) is 0 Å². The SMILES string of the molecule is C[C@H](Sc1nnc(-c2cccc(F)c2)n1N)C(=O)Nc1ccc(F)c(Cl)c1. The summed E-state index contributed by atoms with van der Waals surface area (Å²) in [5.41, 5.74) is 0.837. The van der Waals surface area contributed by atoms with Crippen LogP contribution in [0.15, 0.2) is 47.6 Å². The molecule has 0 saturated carbocycles. The lowest BCUT2D eigenvalue weighted by Gasteiger charge is -2.12. The molecule has 0 aliphatic carbocycles. The van der Waals surface area contributed by atoms with Crippen molar-refractivity contribution in [2.45, 2.75) is 17.3 Å². The van der Waals surface area contributed by atoms with Crippen LogP contribution in [-0.2, 0) is 4.79 Å². The summed E-state index contributed by atoms with van der Waals surface area (Å²) in [5.74, 6) is 4.91. The number of amides is 1. The van der Waals surface area contributed by atoms with Crippen molar-refractivity contribution in [3.8, 4) is 11.4 Å². The fraction of sp³-hybridized carbons (Fsp3) is 0.118. The second kappa shape index (κ2) is 7.93. The first kappa shape index (κ1) is 19.1. The number of benzene rings is 2. The highest BCUT2D eigenvalue weighted by molar-refractivity contribution is 8.00. The predicted octanol–water partition coefficient (Wildman–Crippen LogP) is 3.71. The molecule has 0 unspecified atom stereocenters. The van der Waals surface area contributed by atoms with E-state index in [0.29, 0.717) is 11.3 Å². The van der Waals surface area contributed by atoms with Crippen LogP contribution in [0.2, 0.25) is 5.02 Å². The van der Waals surface area contributed by atoms with Gasteiger partial charge in [-0.15, -0.1) is 10.2 Å². The van der Waals surface area contributed by atoms with Crippen LogP contribution in [0.1, 0.15) is 6.92 Å². The highest BCUT2D eigenvalue weighted by Crippen LogP contribution is 2.26. The Morgan fingerprint density at radius 3 is 2.74 bits per heavy atom. The van der Waals surface area contributed by atoms with Crippen LogP contribution in [-0.4, -0.2) is 26.0 Å². The number of nitrogen functional groups attached to an aromatic ring is 1. The molecule has 27 heavy (non-hydrogen) atoms. The van der Waals surface area contributed by atoms with Crippen molar-refractivity contribution >= 4 is 35.0 Å². The van der Waals surface area contributed by atoms with Gasteiger partial charge in [0.15, 0.2) is 5.82 Å². The molecule has 1 atom stereocenters. The summed E-state index contributed by atoms with van der Waals surface area (Å²) in [6.07, 6.45) is 0. The number of rotatable bonds is 5. The van der Waals surface area contributed by atoms with E-state index in [9.17, 15) is 13.6 Å². The van der Waals surface area contributed by atoms with E-state index in [1.165, 1.54) is 35.0 Å². The van der Waals surface area contributed by atoms with Crippen LogP contribution in [0, 0.1) is 11.6 Å². The van der Waals surface area contributed by atoms with Crippen molar-refractivity contribution in [2.75, 3.05) is 11.2 Å². The maximum absolute atomic E-state index is 13.4. The molecule has 3 N–H and O–H groups in total. The summed E-state index contributed by atoms with van der Waals surface area (Å²) in [4.78, 5) is 12.3. The van der Waals surface area contributed by atoms with Crippen molar-refractivity contribution in [3.63, 3.8) is 0 Å². The van der Waals surface area contributed by atoms with Crippen molar-refractivity contribution < 1.29 is 13.6 Å². The van der Waals surface area contributed by atoms with Crippen LogP contribution in [0.4, 0.5) is 14.5 Å². The maximum atomic E-state index is 13.4. The molecular formula is C17H14ClF2N5OS. The van der Waals surface area contributed by atoms with Crippen LogP contribution >= 0.6 is 23.4 Å². The van der Waals surface area contributed by atoms with Gasteiger partial charge in [0.2, 0.25) is 11.1 Å². The number of aromatic nitrogens is 3. The zero-order valence-corrected chi connectivity index (χ0v) is 15.6.